The third-order valence-electron chi connectivity index (χ3n) is 9.86. The second-order valence-electron chi connectivity index (χ2n) is 12.4. The molecule has 1 aliphatic heterocycles. The molecule has 0 saturated heterocycles. The first kappa shape index (κ1) is 26.6. The van der Waals surface area contributed by atoms with Crippen LogP contribution in [0.4, 0.5) is 0 Å². The summed E-state index contributed by atoms with van der Waals surface area (Å²) in [7, 11) is 0. The standard InChI is InChI=1S/C46H28S/c1-3-13-29(14-4-1)31-20-11-21-34-32(31)25-28-40-43(30-15-5-2-6-16-30)35-18-7-8-19-37(35)45(46(34)40)39-27-26-38-33-17-9-10-23-41(33)47-42-24-12-22-36(39)44(38)42/h1-28H. The summed E-state index contributed by atoms with van der Waals surface area (Å²) in [5.74, 6) is 0. The first-order valence-electron chi connectivity index (χ1n) is 16.2. The van der Waals surface area contributed by atoms with Crippen molar-refractivity contribution in [2.24, 2.45) is 0 Å². The maximum Gasteiger partial charge on any atom is 0.0207 e. The van der Waals surface area contributed by atoms with Gasteiger partial charge >= 0.3 is 0 Å². The number of benzene rings is 9. The predicted octanol–water partition coefficient (Wildman–Crippen LogP) is 13.4. The van der Waals surface area contributed by atoms with Crippen LogP contribution in [0.2, 0.25) is 0 Å². The van der Waals surface area contributed by atoms with Crippen LogP contribution in [0, 0.1) is 0 Å². The Morgan fingerprint density at radius 2 is 0.830 bits per heavy atom. The number of hydrogen-bond donors (Lipinski definition) is 0. The zero-order chi connectivity index (χ0) is 30.9. The topological polar surface area (TPSA) is 0 Å². The molecule has 0 N–H and O–H groups in total. The van der Waals surface area contributed by atoms with E-state index in [1.54, 1.807) is 0 Å². The van der Waals surface area contributed by atoms with Gasteiger partial charge in [0.15, 0.2) is 0 Å². The Kier molecular flexibility index (Phi) is 5.91. The van der Waals surface area contributed by atoms with Crippen LogP contribution < -0.4 is 0 Å². The summed E-state index contributed by atoms with van der Waals surface area (Å²) >= 11 is 1.89. The van der Waals surface area contributed by atoms with E-state index in [-0.39, 0.29) is 0 Å². The summed E-state index contributed by atoms with van der Waals surface area (Å²) in [6, 6.07) is 62.7. The first-order valence-corrected chi connectivity index (χ1v) is 17.0. The molecule has 9 aromatic carbocycles. The highest BCUT2D eigenvalue weighted by Gasteiger charge is 2.24. The lowest BCUT2D eigenvalue weighted by Gasteiger charge is -2.24. The van der Waals surface area contributed by atoms with E-state index in [0.29, 0.717) is 0 Å². The molecule has 0 nitrogen and oxygen atoms in total. The van der Waals surface area contributed by atoms with E-state index >= 15 is 0 Å². The molecule has 0 amide bonds. The minimum Gasteiger partial charge on any atom is -0.0888 e. The maximum absolute atomic E-state index is 2.39. The molecule has 1 aliphatic rings. The van der Waals surface area contributed by atoms with Crippen molar-refractivity contribution in [2.75, 3.05) is 0 Å². The van der Waals surface area contributed by atoms with E-state index in [1.807, 2.05) is 11.8 Å². The van der Waals surface area contributed by atoms with Crippen molar-refractivity contribution in [3.05, 3.63) is 170 Å². The van der Waals surface area contributed by atoms with E-state index in [0.717, 1.165) is 0 Å². The summed E-state index contributed by atoms with van der Waals surface area (Å²) in [5, 5.41) is 10.3. The molecule has 1 heterocycles. The molecule has 0 saturated carbocycles. The van der Waals surface area contributed by atoms with E-state index in [1.165, 1.54) is 97.4 Å². The van der Waals surface area contributed by atoms with Crippen molar-refractivity contribution < 1.29 is 0 Å². The Bertz CT molecular complexity index is 2690. The molecule has 0 radical (unpaired) electrons. The number of hydrogen-bond acceptors (Lipinski definition) is 1. The fourth-order valence-corrected chi connectivity index (χ4v) is 9.04. The van der Waals surface area contributed by atoms with Gasteiger partial charge in [-0.15, -0.1) is 0 Å². The summed E-state index contributed by atoms with van der Waals surface area (Å²) in [5.41, 5.74) is 10.3. The van der Waals surface area contributed by atoms with Crippen molar-refractivity contribution in [2.45, 2.75) is 9.79 Å². The highest BCUT2D eigenvalue weighted by Crippen LogP contribution is 2.53. The van der Waals surface area contributed by atoms with Crippen molar-refractivity contribution in [1.29, 1.82) is 0 Å². The lowest BCUT2D eigenvalue weighted by molar-refractivity contribution is 1.40. The monoisotopic (exact) mass is 612 g/mol. The largest absolute Gasteiger partial charge is 0.0888 e. The van der Waals surface area contributed by atoms with Gasteiger partial charge in [0.25, 0.3) is 0 Å². The van der Waals surface area contributed by atoms with Gasteiger partial charge in [0.2, 0.25) is 0 Å². The lowest BCUT2D eigenvalue weighted by atomic mass is 9.81. The van der Waals surface area contributed by atoms with E-state index in [9.17, 15) is 0 Å². The Balaban J connectivity index is 1.41. The van der Waals surface area contributed by atoms with Crippen LogP contribution in [-0.4, -0.2) is 0 Å². The fourth-order valence-electron chi connectivity index (χ4n) is 7.90. The smallest absolute Gasteiger partial charge is 0.0207 e. The molecule has 9 aromatic rings. The molecule has 0 unspecified atom stereocenters. The normalized spacial score (nSPS) is 12.2. The van der Waals surface area contributed by atoms with Crippen molar-refractivity contribution >= 4 is 54.9 Å². The predicted molar refractivity (Wildman–Crippen MR) is 202 cm³/mol. The molecule has 0 bridgehead atoms. The van der Waals surface area contributed by atoms with Crippen LogP contribution in [0.3, 0.4) is 0 Å². The molecule has 0 atom stereocenters. The van der Waals surface area contributed by atoms with Crippen LogP contribution >= 0.6 is 11.8 Å². The van der Waals surface area contributed by atoms with Crippen LogP contribution in [0.15, 0.2) is 180 Å². The molecule has 0 aromatic heterocycles. The molecule has 0 fully saturated rings. The second kappa shape index (κ2) is 10.5. The average Bonchev–Trinajstić information content (AvgIpc) is 3.14. The van der Waals surface area contributed by atoms with Crippen LogP contribution in [0.25, 0.3) is 87.6 Å². The van der Waals surface area contributed by atoms with Gasteiger partial charge in [-0.2, -0.15) is 0 Å². The van der Waals surface area contributed by atoms with Crippen LogP contribution in [-0.2, 0) is 0 Å². The minimum absolute atomic E-state index is 1.24. The Labute approximate surface area is 278 Å². The summed E-state index contributed by atoms with van der Waals surface area (Å²) in [4.78, 5) is 2.64. The SMILES string of the molecule is c1ccc(-c2cccc3c2ccc2c(-c4ccccc4)c4ccccc4c(-c4ccc5c6c(cccc46)Sc4ccccc4-5)c23)cc1. The minimum atomic E-state index is 1.24. The zero-order valence-electron chi connectivity index (χ0n) is 25.6. The van der Waals surface area contributed by atoms with Gasteiger partial charge in [0.1, 0.15) is 0 Å². The molecular weight excluding hydrogens is 585 g/mol. The van der Waals surface area contributed by atoms with Crippen molar-refractivity contribution in [3.63, 3.8) is 0 Å². The first-order chi connectivity index (χ1) is 23.3. The molecule has 47 heavy (non-hydrogen) atoms. The Morgan fingerprint density at radius 3 is 1.66 bits per heavy atom. The van der Waals surface area contributed by atoms with Crippen LogP contribution in [0.5, 0.6) is 0 Å². The van der Waals surface area contributed by atoms with Gasteiger partial charge in [0.05, 0.1) is 0 Å². The third kappa shape index (κ3) is 3.97. The Hall–Kier alpha value is -5.63. The highest BCUT2D eigenvalue weighted by molar-refractivity contribution is 7.99. The van der Waals surface area contributed by atoms with Gasteiger partial charge in [-0.3, -0.25) is 0 Å². The zero-order valence-corrected chi connectivity index (χ0v) is 26.4. The van der Waals surface area contributed by atoms with E-state index in [4.69, 9.17) is 0 Å². The summed E-state index contributed by atoms with van der Waals surface area (Å²) in [6.07, 6.45) is 0. The lowest BCUT2D eigenvalue weighted by Crippen LogP contribution is -1.96. The number of rotatable bonds is 3. The molecular formula is C46H28S. The van der Waals surface area contributed by atoms with Gasteiger partial charge in [-0.25, -0.2) is 0 Å². The summed E-state index contributed by atoms with van der Waals surface area (Å²) in [6.45, 7) is 0. The van der Waals surface area contributed by atoms with Gasteiger partial charge in [0, 0.05) is 15.2 Å². The highest BCUT2D eigenvalue weighted by atomic mass is 32.2. The van der Waals surface area contributed by atoms with Gasteiger partial charge < -0.3 is 0 Å². The van der Waals surface area contributed by atoms with Gasteiger partial charge in [-0.05, 0) is 94.3 Å². The molecule has 10 rings (SSSR count). The summed E-state index contributed by atoms with van der Waals surface area (Å²) < 4.78 is 0. The van der Waals surface area contributed by atoms with E-state index in [2.05, 4.69) is 170 Å². The number of fused-ring (bicyclic) bond motifs is 6. The quantitative estimate of drug-likeness (QED) is 0.141. The molecule has 1 heteroatoms. The Morgan fingerprint density at radius 1 is 0.255 bits per heavy atom. The second-order valence-corrected chi connectivity index (χ2v) is 13.4. The van der Waals surface area contributed by atoms with Gasteiger partial charge in [-0.1, -0.05) is 169 Å². The third-order valence-corrected chi connectivity index (χ3v) is 11.0. The van der Waals surface area contributed by atoms with Crippen molar-refractivity contribution in [1.82, 2.24) is 0 Å². The molecule has 218 valence electrons. The fraction of sp³-hybridized carbons (Fsp3) is 0. The molecule has 0 aliphatic carbocycles. The van der Waals surface area contributed by atoms with Crippen LogP contribution in [0.1, 0.15) is 0 Å². The van der Waals surface area contributed by atoms with Crippen molar-refractivity contribution in [3.8, 4) is 44.5 Å². The average molecular weight is 613 g/mol. The maximum atomic E-state index is 2.39. The van der Waals surface area contributed by atoms with E-state index < -0.39 is 0 Å². The molecule has 0 spiro atoms.